The van der Waals surface area contributed by atoms with Crippen LogP contribution in [0.15, 0.2) is 127 Å². The molecule has 0 saturated carbocycles. The van der Waals surface area contributed by atoms with E-state index in [2.05, 4.69) is 108 Å². The number of para-hydroxylation sites is 3. The maximum atomic E-state index is 5.28. The van der Waals surface area contributed by atoms with Gasteiger partial charge in [0.25, 0.3) is 0 Å². The van der Waals surface area contributed by atoms with Gasteiger partial charge in [0, 0.05) is 21.7 Å². The summed E-state index contributed by atoms with van der Waals surface area (Å²) in [5.74, 6) is 0.844. The summed E-state index contributed by atoms with van der Waals surface area (Å²) >= 11 is 0. The van der Waals surface area contributed by atoms with Crippen molar-refractivity contribution in [2.75, 3.05) is 0 Å². The molecule has 0 atom stereocenters. The summed E-state index contributed by atoms with van der Waals surface area (Å²) in [6, 6.07) is 44.8. The van der Waals surface area contributed by atoms with E-state index in [4.69, 9.17) is 9.97 Å². The van der Waals surface area contributed by atoms with Crippen LogP contribution in [-0.2, 0) is 0 Å². The largest absolute Gasteiger partial charge is 0.291 e. The Labute approximate surface area is 213 Å². The van der Waals surface area contributed by atoms with Crippen LogP contribution < -0.4 is 0 Å². The van der Waals surface area contributed by atoms with Crippen molar-refractivity contribution in [3.8, 4) is 17.1 Å². The average molecular weight is 472 g/mol. The first-order chi connectivity index (χ1) is 18.3. The summed E-state index contributed by atoms with van der Waals surface area (Å²) in [6.45, 7) is 0. The lowest BCUT2D eigenvalue weighted by molar-refractivity contribution is 1.08. The van der Waals surface area contributed by atoms with Crippen LogP contribution in [0.1, 0.15) is 0 Å². The monoisotopic (exact) mass is 471 g/mol. The Bertz CT molecular complexity index is 2150. The van der Waals surface area contributed by atoms with E-state index in [1.165, 1.54) is 32.3 Å². The van der Waals surface area contributed by atoms with Crippen LogP contribution in [0.2, 0.25) is 0 Å². The lowest BCUT2D eigenvalue weighted by atomic mass is 10.0. The fourth-order valence-corrected chi connectivity index (χ4v) is 5.63. The van der Waals surface area contributed by atoms with Crippen LogP contribution in [0.3, 0.4) is 0 Å². The first-order valence-corrected chi connectivity index (χ1v) is 12.5. The van der Waals surface area contributed by atoms with Gasteiger partial charge in [-0.3, -0.25) is 4.57 Å². The number of fused-ring (bicyclic) bond motifs is 7. The minimum Gasteiger partial charge on any atom is -0.291 e. The third-order valence-electron chi connectivity index (χ3n) is 7.35. The Balaban J connectivity index is 1.57. The van der Waals surface area contributed by atoms with Crippen molar-refractivity contribution < 1.29 is 0 Å². The number of benzene rings is 6. The van der Waals surface area contributed by atoms with Gasteiger partial charge in [-0.2, -0.15) is 0 Å². The second-order valence-electron chi connectivity index (χ2n) is 9.48. The van der Waals surface area contributed by atoms with E-state index in [-0.39, 0.29) is 0 Å². The van der Waals surface area contributed by atoms with Crippen molar-refractivity contribution in [1.82, 2.24) is 14.5 Å². The van der Waals surface area contributed by atoms with Gasteiger partial charge in [-0.1, -0.05) is 103 Å². The summed E-state index contributed by atoms with van der Waals surface area (Å²) in [4.78, 5) is 10.5. The van der Waals surface area contributed by atoms with E-state index >= 15 is 0 Å². The second kappa shape index (κ2) is 7.74. The van der Waals surface area contributed by atoms with Gasteiger partial charge in [0.15, 0.2) is 5.82 Å². The minimum atomic E-state index is 0.844. The van der Waals surface area contributed by atoms with Crippen LogP contribution in [0.4, 0.5) is 0 Å². The smallest absolute Gasteiger partial charge is 0.165 e. The predicted molar refractivity (Wildman–Crippen MR) is 154 cm³/mol. The molecule has 0 fully saturated rings. The molecule has 8 rings (SSSR count). The van der Waals surface area contributed by atoms with Gasteiger partial charge in [0.1, 0.15) is 5.69 Å². The molecule has 3 heteroatoms. The van der Waals surface area contributed by atoms with Crippen LogP contribution in [0.5, 0.6) is 0 Å². The van der Waals surface area contributed by atoms with Gasteiger partial charge >= 0.3 is 0 Å². The van der Waals surface area contributed by atoms with Crippen LogP contribution >= 0.6 is 0 Å². The van der Waals surface area contributed by atoms with E-state index in [0.29, 0.717) is 0 Å². The molecule has 2 aromatic heterocycles. The number of aromatic nitrogens is 3. The van der Waals surface area contributed by atoms with Crippen LogP contribution in [0, 0.1) is 0 Å². The zero-order valence-corrected chi connectivity index (χ0v) is 20.0. The molecule has 0 N–H and O–H groups in total. The molecule has 8 aromatic rings. The zero-order valence-electron chi connectivity index (χ0n) is 20.0. The highest BCUT2D eigenvalue weighted by Gasteiger charge is 2.20. The molecular weight excluding hydrogens is 450 g/mol. The lowest BCUT2D eigenvalue weighted by Crippen LogP contribution is -2.04. The van der Waals surface area contributed by atoms with Crippen molar-refractivity contribution in [3.63, 3.8) is 0 Å². The van der Waals surface area contributed by atoms with Crippen molar-refractivity contribution in [3.05, 3.63) is 127 Å². The summed E-state index contributed by atoms with van der Waals surface area (Å²) in [6.07, 6.45) is 0. The molecule has 172 valence electrons. The molecule has 0 saturated heterocycles. The molecule has 0 amide bonds. The molecule has 0 aliphatic carbocycles. The molecule has 0 aliphatic heterocycles. The van der Waals surface area contributed by atoms with Gasteiger partial charge in [-0.05, 0) is 40.4 Å². The third kappa shape index (κ3) is 3.01. The summed E-state index contributed by atoms with van der Waals surface area (Å²) in [7, 11) is 0. The molecule has 0 radical (unpaired) electrons. The standard InChI is InChI=1S/C34H21N3/c1-2-11-24-21-25(18-17-22(24)9-1)32-34(36-30-15-7-6-14-29(30)35-32)37-31-16-8-5-13-27(31)28-20-19-23-10-3-4-12-26(23)33(28)37/h1-21H. The lowest BCUT2D eigenvalue weighted by Gasteiger charge is -2.15. The first-order valence-electron chi connectivity index (χ1n) is 12.5. The topological polar surface area (TPSA) is 30.7 Å². The van der Waals surface area contributed by atoms with Crippen molar-refractivity contribution in [2.24, 2.45) is 0 Å². The molecule has 6 aromatic carbocycles. The van der Waals surface area contributed by atoms with Gasteiger partial charge in [-0.25, -0.2) is 9.97 Å². The third-order valence-corrected chi connectivity index (χ3v) is 7.35. The summed E-state index contributed by atoms with van der Waals surface area (Å²) in [5, 5.41) is 7.24. The zero-order chi connectivity index (χ0) is 24.3. The SMILES string of the molecule is c1ccc2cc(-c3nc4ccccc4nc3-n3c4ccccc4c4ccc5ccccc5c43)ccc2c1. The summed E-state index contributed by atoms with van der Waals surface area (Å²) < 4.78 is 2.32. The highest BCUT2D eigenvalue weighted by Crippen LogP contribution is 2.39. The Morgan fingerprint density at radius 1 is 0.459 bits per heavy atom. The van der Waals surface area contributed by atoms with Crippen molar-refractivity contribution in [1.29, 1.82) is 0 Å². The number of hydrogen-bond acceptors (Lipinski definition) is 2. The Hall–Kier alpha value is -5.02. The Morgan fingerprint density at radius 2 is 1.11 bits per heavy atom. The Morgan fingerprint density at radius 3 is 1.97 bits per heavy atom. The molecule has 3 nitrogen and oxygen atoms in total. The van der Waals surface area contributed by atoms with Crippen LogP contribution in [-0.4, -0.2) is 14.5 Å². The van der Waals surface area contributed by atoms with Gasteiger partial charge < -0.3 is 0 Å². The molecule has 0 aliphatic rings. The average Bonchev–Trinajstić information content (AvgIpc) is 3.31. The molecule has 0 bridgehead atoms. The fourth-order valence-electron chi connectivity index (χ4n) is 5.63. The molecule has 37 heavy (non-hydrogen) atoms. The van der Waals surface area contributed by atoms with E-state index in [0.717, 1.165) is 39.1 Å². The number of rotatable bonds is 2. The van der Waals surface area contributed by atoms with E-state index < -0.39 is 0 Å². The van der Waals surface area contributed by atoms with E-state index in [9.17, 15) is 0 Å². The molecule has 0 unspecified atom stereocenters. The first kappa shape index (κ1) is 20.2. The quantitative estimate of drug-likeness (QED) is 0.252. The minimum absolute atomic E-state index is 0.844. The van der Waals surface area contributed by atoms with E-state index in [1.807, 2.05) is 24.3 Å². The maximum Gasteiger partial charge on any atom is 0.165 e. The van der Waals surface area contributed by atoms with Crippen molar-refractivity contribution in [2.45, 2.75) is 0 Å². The summed E-state index contributed by atoms with van der Waals surface area (Å²) in [5.41, 5.74) is 5.98. The Kier molecular flexibility index (Phi) is 4.23. The fraction of sp³-hybridized carbons (Fsp3) is 0. The second-order valence-corrected chi connectivity index (χ2v) is 9.48. The highest BCUT2D eigenvalue weighted by atomic mass is 15.1. The normalized spacial score (nSPS) is 11.8. The van der Waals surface area contributed by atoms with E-state index in [1.54, 1.807) is 0 Å². The maximum absolute atomic E-state index is 5.28. The van der Waals surface area contributed by atoms with Gasteiger partial charge in [-0.15, -0.1) is 0 Å². The number of nitrogens with zero attached hydrogens (tertiary/aromatic N) is 3. The predicted octanol–water partition coefficient (Wildman–Crippen LogP) is 8.70. The van der Waals surface area contributed by atoms with Gasteiger partial charge in [0.2, 0.25) is 0 Å². The van der Waals surface area contributed by atoms with Crippen molar-refractivity contribution >= 4 is 54.4 Å². The number of hydrogen-bond donors (Lipinski definition) is 0. The molecule has 0 spiro atoms. The highest BCUT2D eigenvalue weighted by molar-refractivity contribution is 6.18. The molecule has 2 heterocycles. The van der Waals surface area contributed by atoms with Gasteiger partial charge in [0.05, 0.1) is 22.1 Å². The molecular formula is C34H21N3. The van der Waals surface area contributed by atoms with Crippen LogP contribution in [0.25, 0.3) is 71.5 Å².